The van der Waals surface area contributed by atoms with E-state index in [9.17, 15) is 9.59 Å². The maximum absolute atomic E-state index is 12.2. The zero-order valence-corrected chi connectivity index (χ0v) is 13.4. The van der Waals surface area contributed by atoms with Gasteiger partial charge in [0.15, 0.2) is 0 Å². The monoisotopic (exact) mass is 322 g/mol. The van der Waals surface area contributed by atoms with Crippen molar-refractivity contribution in [3.63, 3.8) is 0 Å². The van der Waals surface area contributed by atoms with Crippen LogP contribution in [0.2, 0.25) is 5.02 Å². The second-order valence-electron chi connectivity index (χ2n) is 6.11. The first-order chi connectivity index (χ1) is 9.85. The zero-order valence-electron chi connectivity index (χ0n) is 11.9. The number of pyridine rings is 1. The van der Waals surface area contributed by atoms with Crippen molar-refractivity contribution < 1.29 is 9.59 Å². The maximum Gasteiger partial charge on any atom is 0.230 e. The van der Waals surface area contributed by atoms with Gasteiger partial charge in [-0.3, -0.25) is 19.5 Å². The molecule has 3 rings (SSSR count). The van der Waals surface area contributed by atoms with Crippen molar-refractivity contribution >= 4 is 45.0 Å². The summed E-state index contributed by atoms with van der Waals surface area (Å²) in [6.07, 6.45) is 2.46. The molecule has 0 atom stereocenters. The van der Waals surface area contributed by atoms with Crippen LogP contribution >= 0.6 is 22.9 Å². The van der Waals surface area contributed by atoms with Gasteiger partial charge in [0.2, 0.25) is 11.8 Å². The van der Waals surface area contributed by atoms with E-state index < -0.39 is 0 Å². The van der Waals surface area contributed by atoms with Crippen LogP contribution in [-0.2, 0) is 16.1 Å². The van der Waals surface area contributed by atoms with Crippen molar-refractivity contribution in [2.75, 3.05) is 0 Å². The van der Waals surface area contributed by atoms with Gasteiger partial charge in [-0.25, -0.2) is 0 Å². The van der Waals surface area contributed by atoms with Crippen LogP contribution in [0.15, 0.2) is 18.3 Å². The van der Waals surface area contributed by atoms with Crippen LogP contribution in [0.4, 0.5) is 0 Å². The van der Waals surface area contributed by atoms with Crippen molar-refractivity contribution in [1.29, 1.82) is 0 Å². The summed E-state index contributed by atoms with van der Waals surface area (Å²) in [5, 5.41) is 0.647. The van der Waals surface area contributed by atoms with Gasteiger partial charge in [0.05, 0.1) is 21.8 Å². The molecule has 3 heterocycles. The van der Waals surface area contributed by atoms with Crippen molar-refractivity contribution in [1.82, 2.24) is 9.88 Å². The van der Waals surface area contributed by atoms with Crippen LogP contribution < -0.4 is 0 Å². The lowest BCUT2D eigenvalue weighted by Crippen LogP contribution is -2.45. The molecular formula is C15H15ClN2O2S. The second kappa shape index (κ2) is 5.07. The molecule has 0 N–H and O–H groups in total. The van der Waals surface area contributed by atoms with E-state index in [2.05, 4.69) is 4.98 Å². The number of amides is 2. The minimum absolute atomic E-state index is 0.104. The molecule has 110 valence electrons. The number of rotatable bonds is 2. The first-order valence-corrected chi connectivity index (χ1v) is 7.91. The van der Waals surface area contributed by atoms with E-state index in [1.165, 1.54) is 16.2 Å². The van der Waals surface area contributed by atoms with E-state index in [1.807, 2.05) is 19.9 Å². The quantitative estimate of drug-likeness (QED) is 0.793. The Morgan fingerprint density at radius 2 is 2.00 bits per heavy atom. The van der Waals surface area contributed by atoms with E-state index in [0.717, 1.165) is 15.1 Å². The van der Waals surface area contributed by atoms with Gasteiger partial charge in [0, 0.05) is 23.9 Å². The lowest BCUT2D eigenvalue weighted by Gasteiger charge is -2.34. The summed E-state index contributed by atoms with van der Waals surface area (Å²) in [5.74, 6) is -0.208. The molecule has 4 nitrogen and oxygen atoms in total. The van der Waals surface area contributed by atoms with E-state index in [-0.39, 0.29) is 17.2 Å². The Balaban J connectivity index is 1.87. The number of halogens is 1. The third-order valence-electron chi connectivity index (χ3n) is 3.59. The van der Waals surface area contributed by atoms with Gasteiger partial charge in [-0.1, -0.05) is 25.4 Å². The topological polar surface area (TPSA) is 50.3 Å². The van der Waals surface area contributed by atoms with Gasteiger partial charge >= 0.3 is 0 Å². The summed E-state index contributed by atoms with van der Waals surface area (Å²) in [4.78, 5) is 30.9. The van der Waals surface area contributed by atoms with Crippen molar-refractivity contribution in [3.05, 3.63) is 28.2 Å². The minimum Gasteiger partial charge on any atom is -0.277 e. The first-order valence-electron chi connectivity index (χ1n) is 6.72. The number of thiophene rings is 1. The van der Waals surface area contributed by atoms with Crippen LogP contribution in [0.3, 0.4) is 0 Å². The molecule has 0 bridgehead atoms. The Bertz CT molecular complexity index is 718. The molecule has 1 aliphatic rings. The smallest absolute Gasteiger partial charge is 0.230 e. The fourth-order valence-electron chi connectivity index (χ4n) is 2.58. The molecule has 0 radical (unpaired) electrons. The van der Waals surface area contributed by atoms with Gasteiger partial charge in [-0.2, -0.15) is 0 Å². The van der Waals surface area contributed by atoms with E-state index in [4.69, 9.17) is 11.6 Å². The molecule has 6 heteroatoms. The molecule has 0 aromatic carbocycles. The highest BCUT2D eigenvalue weighted by atomic mass is 35.5. The molecule has 0 saturated carbocycles. The van der Waals surface area contributed by atoms with Gasteiger partial charge in [-0.05, 0) is 17.5 Å². The van der Waals surface area contributed by atoms with Crippen LogP contribution in [0.5, 0.6) is 0 Å². The standard InChI is InChI=1S/C15H15ClN2O2S/c1-15(2)6-12(19)18(13(20)7-15)8-9-5-11-14(21-9)10(16)3-4-17-11/h3-5H,6-8H2,1-2H3. The van der Waals surface area contributed by atoms with Crippen LogP contribution in [0.25, 0.3) is 10.2 Å². The molecular weight excluding hydrogens is 308 g/mol. The number of aromatic nitrogens is 1. The van der Waals surface area contributed by atoms with Gasteiger partial charge in [0.1, 0.15) is 0 Å². The maximum atomic E-state index is 12.2. The van der Waals surface area contributed by atoms with Gasteiger partial charge in [-0.15, -0.1) is 11.3 Å². The Kier molecular flexibility index (Phi) is 3.50. The van der Waals surface area contributed by atoms with Crippen LogP contribution in [0, 0.1) is 5.41 Å². The average Bonchev–Trinajstić information content (AvgIpc) is 2.77. The predicted molar refractivity (Wildman–Crippen MR) is 83.2 cm³/mol. The van der Waals surface area contributed by atoms with E-state index >= 15 is 0 Å². The summed E-state index contributed by atoms with van der Waals surface area (Å²) in [6.45, 7) is 4.21. The molecule has 1 fully saturated rings. The molecule has 1 saturated heterocycles. The van der Waals surface area contributed by atoms with Gasteiger partial charge in [0.25, 0.3) is 0 Å². The summed E-state index contributed by atoms with van der Waals surface area (Å²) in [7, 11) is 0. The van der Waals surface area contributed by atoms with Crippen molar-refractivity contribution in [3.8, 4) is 0 Å². The van der Waals surface area contributed by atoms with Gasteiger partial charge < -0.3 is 0 Å². The number of fused-ring (bicyclic) bond motifs is 1. The summed E-state index contributed by atoms with van der Waals surface area (Å²) >= 11 is 7.61. The van der Waals surface area contributed by atoms with E-state index in [0.29, 0.717) is 24.4 Å². The number of hydrogen-bond acceptors (Lipinski definition) is 4. The Morgan fingerprint density at radius 1 is 1.33 bits per heavy atom. The Labute approximate surface area is 131 Å². The minimum atomic E-state index is -0.240. The summed E-state index contributed by atoms with van der Waals surface area (Å²) in [5.41, 5.74) is 0.565. The SMILES string of the molecule is CC1(C)CC(=O)N(Cc2cc3nccc(Cl)c3s2)C(=O)C1. The number of hydrogen-bond donors (Lipinski definition) is 0. The number of carbonyl (C=O) groups is 2. The highest BCUT2D eigenvalue weighted by Gasteiger charge is 2.37. The lowest BCUT2D eigenvalue weighted by atomic mass is 9.82. The third-order valence-corrected chi connectivity index (χ3v) is 5.16. The summed E-state index contributed by atoms with van der Waals surface area (Å²) in [6, 6.07) is 3.63. The number of imide groups is 1. The predicted octanol–water partition coefficient (Wildman–Crippen LogP) is 3.62. The average molecular weight is 323 g/mol. The number of carbonyl (C=O) groups excluding carboxylic acids is 2. The third kappa shape index (κ3) is 2.80. The van der Waals surface area contributed by atoms with Crippen molar-refractivity contribution in [2.24, 2.45) is 5.41 Å². The second-order valence-corrected chi connectivity index (χ2v) is 7.66. The van der Waals surface area contributed by atoms with Crippen LogP contribution in [0.1, 0.15) is 31.6 Å². The molecule has 2 amide bonds. The number of likely N-dealkylation sites (tertiary alicyclic amines) is 1. The molecule has 2 aromatic rings. The highest BCUT2D eigenvalue weighted by molar-refractivity contribution is 7.19. The van der Waals surface area contributed by atoms with Crippen LogP contribution in [-0.4, -0.2) is 21.7 Å². The largest absolute Gasteiger partial charge is 0.277 e. The molecule has 1 aliphatic heterocycles. The first kappa shape index (κ1) is 14.5. The number of piperidine rings is 1. The Morgan fingerprint density at radius 3 is 2.62 bits per heavy atom. The van der Waals surface area contributed by atoms with Crippen molar-refractivity contribution in [2.45, 2.75) is 33.2 Å². The fraction of sp³-hybridized carbons (Fsp3) is 0.400. The Hall–Kier alpha value is -1.46. The lowest BCUT2D eigenvalue weighted by molar-refractivity contribution is -0.153. The molecule has 0 aliphatic carbocycles. The highest BCUT2D eigenvalue weighted by Crippen LogP contribution is 2.34. The normalized spacial score (nSPS) is 18.5. The zero-order chi connectivity index (χ0) is 15.2. The fourth-order valence-corrected chi connectivity index (χ4v) is 3.85. The number of nitrogens with zero attached hydrogens (tertiary/aromatic N) is 2. The molecule has 2 aromatic heterocycles. The molecule has 21 heavy (non-hydrogen) atoms. The summed E-state index contributed by atoms with van der Waals surface area (Å²) < 4.78 is 0.895. The van der Waals surface area contributed by atoms with E-state index in [1.54, 1.807) is 12.3 Å². The molecule has 0 spiro atoms. The molecule has 0 unspecified atom stereocenters.